The van der Waals surface area contributed by atoms with E-state index in [1.165, 1.54) is 5.56 Å². The van der Waals surface area contributed by atoms with Crippen LogP contribution in [0.1, 0.15) is 11.3 Å². The Hall–Kier alpha value is -2.99. The van der Waals surface area contributed by atoms with Crippen LogP contribution < -0.4 is 4.74 Å². The number of benzene rings is 2. The molecule has 0 unspecified atom stereocenters. The predicted molar refractivity (Wildman–Crippen MR) is 104 cm³/mol. The van der Waals surface area contributed by atoms with Crippen molar-refractivity contribution in [3.63, 3.8) is 0 Å². The quantitative estimate of drug-likeness (QED) is 0.529. The van der Waals surface area contributed by atoms with Crippen LogP contribution in [-0.2, 0) is 0 Å². The number of aromatic nitrogens is 4. The number of methoxy groups -OCH3 is 1. The zero-order valence-corrected chi connectivity index (χ0v) is 15.6. The highest BCUT2D eigenvalue weighted by atomic mass is 32.1. The smallest absolute Gasteiger partial charge is 0.146 e. The molecular formula is C20H18N4OS. The summed E-state index contributed by atoms with van der Waals surface area (Å²) in [4.78, 5) is 4.75. The Morgan fingerprint density at radius 1 is 0.962 bits per heavy atom. The van der Waals surface area contributed by atoms with Gasteiger partial charge in [-0.15, -0.1) is 16.4 Å². The van der Waals surface area contributed by atoms with Crippen LogP contribution in [0.25, 0.3) is 27.6 Å². The monoisotopic (exact) mass is 362 g/mol. The normalized spacial score (nSPS) is 10.9. The molecular weight excluding hydrogens is 344 g/mol. The number of rotatable bonds is 4. The van der Waals surface area contributed by atoms with Crippen LogP contribution >= 0.6 is 11.3 Å². The number of aryl methyl sites for hydroxylation is 1. The van der Waals surface area contributed by atoms with Gasteiger partial charge in [-0.3, -0.25) is 0 Å². The predicted octanol–water partition coefficient (Wildman–Crippen LogP) is 4.68. The first-order chi connectivity index (χ1) is 12.7. The van der Waals surface area contributed by atoms with Crippen molar-refractivity contribution in [2.75, 3.05) is 7.11 Å². The summed E-state index contributed by atoms with van der Waals surface area (Å²) in [5, 5.41) is 11.6. The van der Waals surface area contributed by atoms with E-state index in [4.69, 9.17) is 9.72 Å². The first kappa shape index (κ1) is 16.5. The molecule has 6 heteroatoms. The molecule has 0 amide bonds. The van der Waals surface area contributed by atoms with Gasteiger partial charge < -0.3 is 4.74 Å². The molecule has 2 heterocycles. The Labute approximate surface area is 155 Å². The van der Waals surface area contributed by atoms with Crippen LogP contribution in [0, 0.1) is 13.8 Å². The average Bonchev–Trinajstić information content (AvgIpc) is 3.29. The number of nitrogens with zero attached hydrogens (tertiary/aromatic N) is 4. The summed E-state index contributed by atoms with van der Waals surface area (Å²) in [5.41, 5.74) is 5.99. The van der Waals surface area contributed by atoms with Gasteiger partial charge in [-0.25, -0.2) is 9.67 Å². The van der Waals surface area contributed by atoms with Crippen molar-refractivity contribution in [3.05, 3.63) is 65.2 Å². The summed E-state index contributed by atoms with van der Waals surface area (Å²) in [7, 11) is 1.66. The van der Waals surface area contributed by atoms with Crippen LogP contribution in [0.4, 0.5) is 0 Å². The van der Waals surface area contributed by atoms with Gasteiger partial charge in [0.25, 0.3) is 0 Å². The van der Waals surface area contributed by atoms with E-state index in [1.807, 2.05) is 53.4 Å². The number of hydrogen-bond donors (Lipinski definition) is 0. The van der Waals surface area contributed by atoms with Gasteiger partial charge in [0, 0.05) is 10.9 Å². The Morgan fingerprint density at radius 3 is 2.38 bits per heavy atom. The second-order valence-corrected chi connectivity index (χ2v) is 6.90. The molecule has 0 spiro atoms. The van der Waals surface area contributed by atoms with Crippen LogP contribution in [0.3, 0.4) is 0 Å². The fourth-order valence-corrected chi connectivity index (χ4v) is 3.60. The third-order valence-corrected chi connectivity index (χ3v) is 5.11. The summed E-state index contributed by atoms with van der Waals surface area (Å²) < 4.78 is 7.06. The number of thiazole rings is 1. The highest BCUT2D eigenvalue weighted by Crippen LogP contribution is 2.30. The lowest BCUT2D eigenvalue weighted by molar-refractivity contribution is 0.415. The molecule has 0 saturated heterocycles. The van der Waals surface area contributed by atoms with Crippen LogP contribution in [0.2, 0.25) is 0 Å². The minimum Gasteiger partial charge on any atom is -0.497 e. The molecule has 0 radical (unpaired) electrons. The average molecular weight is 362 g/mol. The molecule has 0 saturated carbocycles. The largest absolute Gasteiger partial charge is 0.497 e. The van der Waals surface area contributed by atoms with E-state index in [0.29, 0.717) is 0 Å². The van der Waals surface area contributed by atoms with Gasteiger partial charge in [0.1, 0.15) is 16.5 Å². The zero-order valence-electron chi connectivity index (χ0n) is 14.8. The maximum atomic E-state index is 5.21. The molecule has 4 rings (SSSR count). The van der Waals surface area contributed by atoms with Crippen molar-refractivity contribution in [1.29, 1.82) is 0 Å². The van der Waals surface area contributed by atoms with E-state index >= 15 is 0 Å². The molecule has 2 aromatic heterocycles. The topological polar surface area (TPSA) is 52.8 Å². The number of hydrogen-bond acceptors (Lipinski definition) is 5. The number of ether oxygens (including phenoxy) is 1. The third kappa shape index (κ3) is 2.99. The lowest BCUT2D eigenvalue weighted by atomic mass is 10.2. The lowest BCUT2D eigenvalue weighted by Gasteiger charge is -2.03. The van der Waals surface area contributed by atoms with Gasteiger partial charge in [0.15, 0.2) is 0 Å². The van der Waals surface area contributed by atoms with Gasteiger partial charge >= 0.3 is 0 Å². The molecule has 0 bridgehead atoms. The van der Waals surface area contributed by atoms with Gasteiger partial charge in [-0.2, -0.15) is 0 Å². The van der Waals surface area contributed by atoms with E-state index in [-0.39, 0.29) is 0 Å². The molecule has 130 valence electrons. The molecule has 5 nitrogen and oxygen atoms in total. The maximum Gasteiger partial charge on any atom is 0.146 e. The summed E-state index contributed by atoms with van der Waals surface area (Å²) >= 11 is 1.57. The summed E-state index contributed by atoms with van der Waals surface area (Å²) in [6.07, 6.45) is 0. The van der Waals surface area contributed by atoms with Crippen molar-refractivity contribution in [2.45, 2.75) is 13.8 Å². The molecule has 0 aliphatic carbocycles. The molecule has 0 N–H and O–H groups in total. The Bertz CT molecular complexity index is 1030. The van der Waals surface area contributed by atoms with Crippen molar-refractivity contribution >= 4 is 11.3 Å². The van der Waals surface area contributed by atoms with Gasteiger partial charge in [-0.1, -0.05) is 22.9 Å². The minimum atomic E-state index is 0.815. The second-order valence-electron chi connectivity index (χ2n) is 6.04. The maximum absolute atomic E-state index is 5.21. The molecule has 26 heavy (non-hydrogen) atoms. The summed E-state index contributed by atoms with van der Waals surface area (Å²) in [6.45, 7) is 4.09. The van der Waals surface area contributed by atoms with Crippen LogP contribution in [0.15, 0.2) is 53.9 Å². The fourth-order valence-electron chi connectivity index (χ4n) is 2.73. The highest BCUT2D eigenvalue weighted by Gasteiger charge is 2.16. The first-order valence-corrected chi connectivity index (χ1v) is 9.13. The van der Waals surface area contributed by atoms with Crippen molar-refractivity contribution in [3.8, 4) is 33.4 Å². The molecule has 2 aromatic carbocycles. The third-order valence-electron chi connectivity index (χ3n) is 4.27. The van der Waals surface area contributed by atoms with E-state index in [0.717, 1.165) is 39.1 Å². The van der Waals surface area contributed by atoms with Crippen molar-refractivity contribution < 1.29 is 4.74 Å². The molecule has 0 aliphatic heterocycles. The van der Waals surface area contributed by atoms with E-state index in [1.54, 1.807) is 18.4 Å². The Kier molecular flexibility index (Phi) is 4.26. The fraction of sp³-hybridized carbons (Fsp3) is 0.150. The minimum absolute atomic E-state index is 0.815. The SMILES string of the molecule is COc1ccc(-c2csc(-c3nnn(-c4ccc(C)cc4)c3C)n2)cc1. The Balaban J connectivity index is 1.66. The van der Waals surface area contributed by atoms with Crippen molar-refractivity contribution in [2.24, 2.45) is 0 Å². The highest BCUT2D eigenvalue weighted by molar-refractivity contribution is 7.13. The van der Waals surface area contributed by atoms with Gasteiger partial charge in [0.05, 0.1) is 24.2 Å². The first-order valence-electron chi connectivity index (χ1n) is 8.25. The molecule has 0 atom stereocenters. The molecule has 0 fully saturated rings. The summed E-state index contributed by atoms with van der Waals surface area (Å²) in [6, 6.07) is 16.1. The molecule has 0 aliphatic rings. The van der Waals surface area contributed by atoms with Crippen molar-refractivity contribution in [1.82, 2.24) is 20.0 Å². The van der Waals surface area contributed by atoms with E-state index in [2.05, 4.69) is 29.4 Å². The summed E-state index contributed by atoms with van der Waals surface area (Å²) in [5.74, 6) is 0.834. The van der Waals surface area contributed by atoms with Crippen LogP contribution in [-0.4, -0.2) is 27.1 Å². The molecule has 4 aromatic rings. The zero-order chi connectivity index (χ0) is 18.1. The van der Waals surface area contributed by atoms with Gasteiger partial charge in [0.2, 0.25) is 0 Å². The van der Waals surface area contributed by atoms with E-state index in [9.17, 15) is 0 Å². The Morgan fingerprint density at radius 2 is 1.69 bits per heavy atom. The van der Waals surface area contributed by atoms with Gasteiger partial charge in [-0.05, 0) is 50.2 Å². The lowest BCUT2D eigenvalue weighted by Crippen LogP contribution is -1.98. The second kappa shape index (κ2) is 6.72. The standard InChI is InChI=1S/C20H18N4OS/c1-13-4-8-16(9-5-13)24-14(2)19(22-23-24)20-21-18(12-26-20)15-6-10-17(25-3)11-7-15/h4-12H,1-3H3. The van der Waals surface area contributed by atoms with Crippen LogP contribution in [0.5, 0.6) is 5.75 Å². The van der Waals surface area contributed by atoms with E-state index < -0.39 is 0 Å².